The van der Waals surface area contributed by atoms with Crippen LogP contribution in [-0.4, -0.2) is 66.0 Å². The fourth-order valence-electron chi connectivity index (χ4n) is 1.79. The number of nitrogens with two attached hydrogens (primary N) is 1. The summed E-state index contributed by atoms with van der Waals surface area (Å²) in [6, 6.07) is 0. The van der Waals surface area contributed by atoms with Gasteiger partial charge in [0.25, 0.3) is 5.91 Å². The van der Waals surface area contributed by atoms with Crippen LogP contribution in [0.2, 0.25) is 0 Å². The summed E-state index contributed by atoms with van der Waals surface area (Å²) >= 11 is 0. The average molecular weight is 324 g/mol. The molecular weight excluding hydrogens is 311 g/mol. The first-order chi connectivity index (χ1) is 9.69. The topological polar surface area (TPSA) is 201 Å². The fourth-order valence-corrected chi connectivity index (χ4v) is 2.14. The fraction of sp³-hybridized carbons (Fsp3) is 0.625. The first-order valence-corrected chi connectivity index (χ1v) is 7.16. The maximum absolute atomic E-state index is 10.9. The van der Waals surface area contributed by atoms with Crippen molar-refractivity contribution in [1.29, 1.82) is 0 Å². The zero-order valence-electron chi connectivity index (χ0n) is 10.4. The van der Waals surface area contributed by atoms with Crippen LogP contribution in [-0.2, 0) is 13.8 Å². The number of primary amides is 1. The second-order valence-corrected chi connectivity index (χ2v) is 5.51. The third-order valence-electron chi connectivity index (χ3n) is 2.76. The smallest absolute Gasteiger partial charge is 0.387 e. The predicted octanol–water partition coefficient (Wildman–Crippen LogP) is -2.83. The van der Waals surface area contributed by atoms with Gasteiger partial charge in [0.05, 0.1) is 6.61 Å². The van der Waals surface area contributed by atoms with Crippen molar-refractivity contribution in [2.24, 2.45) is 5.73 Å². The molecule has 2 rings (SSSR count). The molecular formula is C8H13N4O8P. The number of H-pyrrole nitrogens is 1. The van der Waals surface area contributed by atoms with Crippen LogP contribution in [0.15, 0.2) is 0 Å². The van der Waals surface area contributed by atoms with E-state index >= 15 is 0 Å². The summed E-state index contributed by atoms with van der Waals surface area (Å²) in [6.45, 7) is -0.643. The van der Waals surface area contributed by atoms with Gasteiger partial charge in [-0.15, -0.1) is 5.10 Å². The van der Waals surface area contributed by atoms with E-state index in [0.717, 1.165) is 0 Å². The lowest BCUT2D eigenvalue weighted by Gasteiger charge is -2.14. The molecule has 1 saturated heterocycles. The number of phosphoric acid groups is 1. The van der Waals surface area contributed by atoms with E-state index in [-0.39, 0.29) is 11.6 Å². The van der Waals surface area contributed by atoms with E-state index in [1.165, 1.54) is 0 Å². The monoisotopic (exact) mass is 324 g/mol. The van der Waals surface area contributed by atoms with Crippen molar-refractivity contribution in [3.8, 4) is 0 Å². The molecule has 118 valence electrons. The van der Waals surface area contributed by atoms with Crippen molar-refractivity contribution < 1.29 is 38.6 Å². The van der Waals surface area contributed by atoms with E-state index in [2.05, 4.69) is 19.7 Å². The van der Waals surface area contributed by atoms with Crippen LogP contribution in [0.4, 0.5) is 0 Å². The van der Waals surface area contributed by atoms with Crippen molar-refractivity contribution in [3.63, 3.8) is 0 Å². The maximum Gasteiger partial charge on any atom is 0.469 e. The maximum atomic E-state index is 10.9. The molecule has 7 N–H and O–H groups in total. The highest BCUT2D eigenvalue weighted by molar-refractivity contribution is 7.46. The number of aromatic amines is 1. The molecule has 1 aliphatic heterocycles. The van der Waals surface area contributed by atoms with Gasteiger partial charge in [-0.05, 0) is 0 Å². The Kier molecular flexibility index (Phi) is 4.39. The van der Waals surface area contributed by atoms with E-state index in [1.807, 2.05) is 0 Å². The lowest BCUT2D eigenvalue weighted by atomic mass is 10.1. The number of aliphatic hydroxyl groups excluding tert-OH is 2. The Bertz CT molecular complexity index is 572. The summed E-state index contributed by atoms with van der Waals surface area (Å²) in [5.74, 6) is -1.29. The quantitative estimate of drug-likeness (QED) is 0.306. The molecule has 0 spiro atoms. The number of ether oxygens (including phenoxy) is 1. The number of carbonyl (C=O) groups is 1. The summed E-state index contributed by atoms with van der Waals surface area (Å²) in [5, 5.41) is 25.4. The van der Waals surface area contributed by atoms with Crippen molar-refractivity contribution in [3.05, 3.63) is 11.6 Å². The van der Waals surface area contributed by atoms with Gasteiger partial charge < -0.3 is 30.5 Å². The third-order valence-corrected chi connectivity index (χ3v) is 3.25. The number of aliphatic hydroxyl groups is 2. The molecule has 4 atom stereocenters. The molecule has 21 heavy (non-hydrogen) atoms. The van der Waals surface area contributed by atoms with Gasteiger partial charge in [0.2, 0.25) is 5.82 Å². The van der Waals surface area contributed by atoms with Crippen LogP contribution in [0.5, 0.6) is 0 Å². The van der Waals surface area contributed by atoms with E-state index in [4.69, 9.17) is 20.3 Å². The number of aromatic nitrogens is 3. The Morgan fingerprint density at radius 3 is 2.62 bits per heavy atom. The molecule has 0 saturated carbocycles. The van der Waals surface area contributed by atoms with Gasteiger partial charge in [-0.2, -0.15) is 0 Å². The number of nitrogens with one attached hydrogen (secondary N) is 1. The van der Waals surface area contributed by atoms with E-state index < -0.39 is 44.8 Å². The largest absolute Gasteiger partial charge is 0.469 e. The molecule has 1 aliphatic rings. The molecule has 1 fully saturated rings. The summed E-state index contributed by atoms with van der Waals surface area (Å²) in [4.78, 5) is 31.7. The zero-order chi connectivity index (χ0) is 15.8. The standard InChI is InChI=1S/C8H13N4O8P/c9-6(15)8-10-7(11-12-8)5-4(14)3(13)2(20-5)1-19-21(16,17)18/h2-5,13-14H,1H2,(H2,9,15)(H,10,11,12)(H2,16,17,18)/t2-,3+,4-,5+/m0/s1. The molecule has 0 bridgehead atoms. The van der Waals surface area contributed by atoms with Gasteiger partial charge in [0.15, 0.2) is 5.82 Å². The molecule has 12 nitrogen and oxygen atoms in total. The SMILES string of the molecule is NC(=O)c1n[nH]c([C@@H]2O[C@@H](COP(=O)(O)O)[C@@H](O)[C@@H]2O)n1. The van der Waals surface area contributed by atoms with E-state index in [1.54, 1.807) is 0 Å². The molecule has 1 aromatic heterocycles. The number of hydrogen-bond donors (Lipinski definition) is 6. The molecule has 1 aromatic rings. The highest BCUT2D eigenvalue weighted by Crippen LogP contribution is 2.38. The molecule has 0 aliphatic carbocycles. The van der Waals surface area contributed by atoms with Gasteiger partial charge in [-0.3, -0.25) is 14.4 Å². The highest BCUT2D eigenvalue weighted by Gasteiger charge is 2.45. The lowest BCUT2D eigenvalue weighted by molar-refractivity contribution is -0.0247. The summed E-state index contributed by atoms with van der Waals surface area (Å²) in [5.41, 5.74) is 4.97. The Hall–Kier alpha value is -1.40. The Morgan fingerprint density at radius 1 is 1.43 bits per heavy atom. The number of amides is 1. The van der Waals surface area contributed by atoms with Crippen molar-refractivity contribution in [1.82, 2.24) is 15.2 Å². The average Bonchev–Trinajstić information content (AvgIpc) is 2.94. The predicted molar refractivity (Wildman–Crippen MR) is 62.5 cm³/mol. The van der Waals surface area contributed by atoms with Crippen LogP contribution >= 0.6 is 7.82 Å². The molecule has 0 radical (unpaired) electrons. The second-order valence-electron chi connectivity index (χ2n) is 4.27. The Morgan fingerprint density at radius 2 is 2.10 bits per heavy atom. The first kappa shape index (κ1) is 16.0. The third kappa shape index (κ3) is 3.63. The van der Waals surface area contributed by atoms with Gasteiger partial charge in [-0.1, -0.05) is 0 Å². The molecule has 2 heterocycles. The minimum atomic E-state index is -4.73. The Labute approximate surface area is 117 Å². The van der Waals surface area contributed by atoms with E-state index in [9.17, 15) is 19.6 Å². The molecule has 0 aromatic carbocycles. The molecule has 0 unspecified atom stereocenters. The number of carbonyl (C=O) groups excluding carboxylic acids is 1. The zero-order valence-corrected chi connectivity index (χ0v) is 11.3. The van der Waals surface area contributed by atoms with Gasteiger partial charge in [0, 0.05) is 0 Å². The van der Waals surface area contributed by atoms with E-state index in [0.29, 0.717) is 0 Å². The number of hydrogen-bond acceptors (Lipinski definition) is 8. The first-order valence-electron chi connectivity index (χ1n) is 5.63. The molecule has 13 heteroatoms. The summed E-state index contributed by atoms with van der Waals surface area (Å²) in [6.07, 6.45) is -5.29. The van der Waals surface area contributed by atoms with Crippen molar-refractivity contribution in [2.45, 2.75) is 24.4 Å². The highest BCUT2D eigenvalue weighted by atomic mass is 31.2. The normalized spacial score (nSPS) is 29.7. The summed E-state index contributed by atoms with van der Waals surface area (Å²) < 4.78 is 20.0. The minimum absolute atomic E-state index is 0.0611. The minimum Gasteiger partial charge on any atom is -0.387 e. The van der Waals surface area contributed by atoms with Crippen LogP contribution < -0.4 is 5.73 Å². The Balaban J connectivity index is 2.08. The molecule has 1 amide bonds. The van der Waals surface area contributed by atoms with Gasteiger partial charge in [0.1, 0.15) is 24.4 Å². The lowest BCUT2D eigenvalue weighted by Crippen LogP contribution is -2.33. The summed E-state index contributed by atoms with van der Waals surface area (Å²) in [7, 11) is -4.73. The van der Waals surface area contributed by atoms with Crippen molar-refractivity contribution in [2.75, 3.05) is 6.61 Å². The van der Waals surface area contributed by atoms with Crippen molar-refractivity contribution >= 4 is 13.7 Å². The number of phosphoric ester groups is 1. The van der Waals surface area contributed by atoms with Crippen LogP contribution in [0, 0.1) is 0 Å². The van der Waals surface area contributed by atoms with Gasteiger partial charge in [-0.25, -0.2) is 9.55 Å². The number of rotatable bonds is 5. The van der Waals surface area contributed by atoms with Gasteiger partial charge >= 0.3 is 7.82 Å². The van der Waals surface area contributed by atoms with Crippen LogP contribution in [0.3, 0.4) is 0 Å². The second kappa shape index (κ2) is 5.77. The van der Waals surface area contributed by atoms with Crippen LogP contribution in [0.25, 0.3) is 0 Å². The van der Waals surface area contributed by atoms with Crippen LogP contribution in [0.1, 0.15) is 22.5 Å². The number of nitrogens with zero attached hydrogens (tertiary/aromatic N) is 2.